The van der Waals surface area contributed by atoms with Crippen LogP contribution in [0, 0.1) is 0 Å². The zero-order valence-corrected chi connectivity index (χ0v) is 10.9. The van der Waals surface area contributed by atoms with E-state index in [2.05, 4.69) is 22.8 Å². The van der Waals surface area contributed by atoms with E-state index < -0.39 is 0 Å². The molecule has 1 rings (SSSR count). The molecule has 0 aliphatic carbocycles. The van der Waals surface area contributed by atoms with Gasteiger partial charge in [-0.3, -0.25) is 0 Å². The lowest BCUT2D eigenvalue weighted by molar-refractivity contribution is -0.500. The predicted octanol–water partition coefficient (Wildman–Crippen LogP) is -0.0162. The molecule has 0 amide bonds. The van der Waals surface area contributed by atoms with Gasteiger partial charge >= 0.3 is 0 Å². The number of benzene rings is 1. The third-order valence-corrected chi connectivity index (χ3v) is 2.33. The lowest BCUT2D eigenvalue weighted by Crippen LogP contribution is -2.82. The van der Waals surface area contributed by atoms with Crippen molar-refractivity contribution < 1.29 is 9.84 Å². The Balaban J connectivity index is 2.65. The van der Waals surface area contributed by atoms with Gasteiger partial charge in [0.25, 0.3) is 0 Å². The molecule has 1 aromatic rings. The topological polar surface area (TPSA) is 47.3 Å². The minimum Gasteiger partial charge on any atom is -0.493 e. The maximum atomic E-state index is 5.62. The Morgan fingerprint density at radius 1 is 1.47 bits per heavy atom. The highest BCUT2D eigenvalue weighted by atomic mass is 32.1. The molecule has 17 heavy (non-hydrogen) atoms. The summed E-state index contributed by atoms with van der Waals surface area (Å²) in [6.07, 6.45) is 2.80. The highest BCUT2D eigenvalue weighted by Crippen LogP contribution is 2.14. The number of thiocarbonyl (C=S) groups is 1. The van der Waals surface area contributed by atoms with E-state index in [4.69, 9.17) is 17.0 Å². The first-order valence-corrected chi connectivity index (χ1v) is 5.97. The minimum absolute atomic E-state index is 0.535. The first kappa shape index (κ1) is 13.4. The summed E-state index contributed by atoms with van der Waals surface area (Å²) in [7, 11) is 1.76. The number of hydrogen-bond acceptors (Lipinski definition) is 2. The zero-order chi connectivity index (χ0) is 12.5. The number of hydrazone groups is 1. The molecular formula is C12H18N3OS+. The quantitative estimate of drug-likeness (QED) is 0.392. The molecule has 0 bridgehead atoms. The van der Waals surface area contributed by atoms with Crippen LogP contribution in [0.5, 0.6) is 5.75 Å². The molecule has 0 aliphatic heterocycles. The van der Waals surface area contributed by atoms with Gasteiger partial charge in [-0.25, -0.2) is 0 Å². The first-order chi connectivity index (χ1) is 8.27. The molecule has 92 valence electrons. The Hall–Kier alpha value is -1.62. The van der Waals surface area contributed by atoms with Gasteiger partial charge in [-0.05, 0) is 30.8 Å². The highest BCUT2D eigenvalue weighted by Gasteiger charge is 2.02. The third kappa shape index (κ3) is 4.82. The average molecular weight is 252 g/mol. The van der Waals surface area contributed by atoms with Gasteiger partial charge < -0.3 is 10.1 Å². The van der Waals surface area contributed by atoms with Crippen LogP contribution in [0.15, 0.2) is 24.3 Å². The molecule has 0 fully saturated rings. The van der Waals surface area contributed by atoms with Gasteiger partial charge in [0, 0.05) is 7.05 Å². The summed E-state index contributed by atoms with van der Waals surface area (Å²) in [4.78, 5) is 0. The van der Waals surface area contributed by atoms with Crippen LogP contribution in [0.25, 0.3) is 0 Å². The van der Waals surface area contributed by atoms with Gasteiger partial charge in [-0.15, -0.1) is 10.5 Å². The second-order valence-electron chi connectivity index (χ2n) is 3.38. The van der Waals surface area contributed by atoms with Crippen LogP contribution in [0.3, 0.4) is 0 Å². The fourth-order valence-corrected chi connectivity index (χ4v) is 1.24. The monoisotopic (exact) mass is 252 g/mol. The van der Waals surface area contributed by atoms with E-state index in [1.165, 1.54) is 0 Å². The van der Waals surface area contributed by atoms with Crippen LogP contribution in [0.2, 0.25) is 0 Å². The van der Waals surface area contributed by atoms with E-state index in [1.54, 1.807) is 7.05 Å². The molecular weight excluding hydrogens is 234 g/mol. The van der Waals surface area contributed by atoms with Gasteiger partial charge in [0.05, 0.1) is 12.2 Å². The fourth-order valence-electron chi connectivity index (χ4n) is 1.19. The van der Waals surface area contributed by atoms with Crippen molar-refractivity contribution in [3.05, 3.63) is 29.8 Å². The van der Waals surface area contributed by atoms with E-state index in [0.29, 0.717) is 11.7 Å². The molecule has 4 nitrogen and oxygen atoms in total. The maximum Gasteiger partial charge on any atom is 0.223 e. The Morgan fingerprint density at radius 3 is 2.94 bits per heavy atom. The summed E-state index contributed by atoms with van der Waals surface area (Å²) in [6.45, 7) is 2.80. The molecule has 0 saturated carbocycles. The van der Waals surface area contributed by atoms with Gasteiger partial charge in [-0.1, -0.05) is 19.1 Å². The summed E-state index contributed by atoms with van der Waals surface area (Å²) in [5, 5.41) is 6.25. The first-order valence-electron chi connectivity index (χ1n) is 5.56. The third-order valence-electron chi connectivity index (χ3n) is 2.02. The van der Waals surface area contributed by atoms with Crippen LogP contribution >= 0.6 is 12.2 Å². The average Bonchev–Trinajstić information content (AvgIpc) is 2.37. The molecule has 0 radical (unpaired) electrons. The number of hydrogen-bond donors (Lipinski definition) is 3. The summed E-state index contributed by atoms with van der Waals surface area (Å²) in [5.74, 6) is 0.860. The van der Waals surface area contributed by atoms with Crippen molar-refractivity contribution in [2.45, 2.75) is 13.3 Å². The SMILES string of the molecule is CCCOc1ccccc1C=[NH+]NC(=S)NC. The molecule has 3 N–H and O–H groups in total. The number of ether oxygens (including phenoxy) is 1. The van der Waals surface area contributed by atoms with E-state index in [-0.39, 0.29) is 0 Å². The Kier molecular flexibility index (Phi) is 6.03. The standard InChI is InChI=1S/C12H17N3OS/c1-3-8-16-11-7-5-4-6-10(11)9-14-15-12(17)13-2/h4-7,9H,3,8H2,1-2H3,(H2,13,15,17)/p+1. The largest absolute Gasteiger partial charge is 0.493 e. The van der Waals surface area contributed by atoms with Crippen LogP contribution in [0.1, 0.15) is 18.9 Å². The van der Waals surface area contributed by atoms with Crippen molar-refractivity contribution in [2.24, 2.45) is 0 Å². The van der Waals surface area contributed by atoms with Gasteiger partial charge in [0.15, 0.2) is 0 Å². The van der Waals surface area contributed by atoms with Gasteiger partial charge in [0.1, 0.15) is 5.75 Å². The summed E-state index contributed by atoms with van der Waals surface area (Å²) < 4.78 is 5.62. The van der Waals surface area contributed by atoms with Crippen LogP contribution in [-0.4, -0.2) is 25.0 Å². The lowest BCUT2D eigenvalue weighted by atomic mass is 10.2. The Labute approximate surface area is 107 Å². The molecule has 0 heterocycles. The number of nitrogens with one attached hydrogen (secondary N) is 3. The van der Waals surface area contributed by atoms with Crippen molar-refractivity contribution in [2.75, 3.05) is 13.7 Å². The molecule has 0 saturated heterocycles. The molecule has 1 aromatic carbocycles. The number of hydrazine groups is 1. The molecule has 5 heteroatoms. The smallest absolute Gasteiger partial charge is 0.223 e. The predicted molar refractivity (Wildman–Crippen MR) is 73.2 cm³/mol. The van der Waals surface area contributed by atoms with Gasteiger partial charge in [-0.2, -0.15) is 0 Å². The van der Waals surface area contributed by atoms with Crippen molar-refractivity contribution in [3.8, 4) is 5.75 Å². The molecule has 0 spiro atoms. The number of para-hydroxylation sites is 1. The van der Waals surface area contributed by atoms with E-state index in [1.807, 2.05) is 30.5 Å². The maximum absolute atomic E-state index is 5.62. The zero-order valence-electron chi connectivity index (χ0n) is 10.1. The second-order valence-corrected chi connectivity index (χ2v) is 3.79. The van der Waals surface area contributed by atoms with Gasteiger partial charge in [0.2, 0.25) is 11.3 Å². The minimum atomic E-state index is 0.535. The van der Waals surface area contributed by atoms with E-state index in [9.17, 15) is 0 Å². The number of rotatable bonds is 5. The van der Waals surface area contributed by atoms with Crippen LogP contribution < -0.4 is 20.6 Å². The Morgan fingerprint density at radius 2 is 2.24 bits per heavy atom. The van der Waals surface area contributed by atoms with Crippen molar-refractivity contribution in [1.82, 2.24) is 10.7 Å². The fraction of sp³-hybridized carbons (Fsp3) is 0.333. The summed E-state index contributed by atoms with van der Waals surface area (Å²) in [5.41, 5.74) is 3.80. The van der Waals surface area contributed by atoms with E-state index in [0.717, 1.165) is 17.7 Å². The molecule has 0 aromatic heterocycles. The van der Waals surface area contributed by atoms with Crippen LogP contribution in [-0.2, 0) is 0 Å². The Bertz CT molecular complexity index is 393. The normalized spacial score (nSPS) is 10.2. The van der Waals surface area contributed by atoms with Crippen molar-refractivity contribution in [3.63, 3.8) is 0 Å². The summed E-state index contributed by atoms with van der Waals surface area (Å²) in [6, 6.07) is 7.83. The highest BCUT2D eigenvalue weighted by molar-refractivity contribution is 7.80. The summed E-state index contributed by atoms with van der Waals surface area (Å²) >= 11 is 4.94. The molecule has 0 aliphatic rings. The molecule has 0 unspecified atom stereocenters. The van der Waals surface area contributed by atoms with Crippen molar-refractivity contribution in [1.29, 1.82) is 0 Å². The lowest BCUT2D eigenvalue weighted by Gasteiger charge is -2.05. The second kappa shape index (κ2) is 7.62. The van der Waals surface area contributed by atoms with Crippen molar-refractivity contribution >= 4 is 23.5 Å². The van der Waals surface area contributed by atoms with Crippen LogP contribution in [0.4, 0.5) is 0 Å². The molecule has 0 atom stereocenters. The van der Waals surface area contributed by atoms with E-state index >= 15 is 0 Å².